The maximum absolute atomic E-state index is 12.2. The highest BCUT2D eigenvalue weighted by molar-refractivity contribution is 5.55. The van der Waals surface area contributed by atoms with Gasteiger partial charge in [-0.05, 0) is 17.7 Å². The number of hydrogen-bond acceptors (Lipinski definition) is 2. The number of rotatable bonds is 1. The van der Waals surface area contributed by atoms with E-state index in [9.17, 15) is 13.2 Å². The zero-order valence-corrected chi connectivity index (χ0v) is 7.90. The molecule has 1 aliphatic heterocycles. The first-order valence-electron chi connectivity index (χ1n) is 4.56. The van der Waals surface area contributed by atoms with E-state index >= 15 is 0 Å². The Bertz CT molecular complexity index is 387. The summed E-state index contributed by atoms with van der Waals surface area (Å²) in [5.41, 5.74) is 6.79. The summed E-state index contributed by atoms with van der Waals surface area (Å²) < 4.78 is 41.9. The molecule has 15 heavy (non-hydrogen) atoms. The molecule has 0 saturated carbocycles. The highest BCUT2D eigenvalue weighted by Crippen LogP contribution is 2.35. The Kier molecular flexibility index (Phi) is 2.25. The normalized spacial score (nSPS) is 14.9. The number of ether oxygens (including phenoxy) is 1. The van der Waals surface area contributed by atoms with Gasteiger partial charge in [-0.25, -0.2) is 0 Å². The Labute approximate surface area is 84.8 Å². The van der Waals surface area contributed by atoms with Crippen molar-refractivity contribution in [1.82, 2.24) is 0 Å². The van der Waals surface area contributed by atoms with Gasteiger partial charge in [0, 0.05) is 17.7 Å². The maximum Gasteiger partial charge on any atom is 0.393 e. The summed E-state index contributed by atoms with van der Waals surface area (Å²) >= 11 is 0. The molecule has 0 spiro atoms. The van der Waals surface area contributed by atoms with Crippen molar-refractivity contribution in [1.29, 1.82) is 0 Å². The second-order valence-electron chi connectivity index (χ2n) is 3.56. The van der Waals surface area contributed by atoms with E-state index in [0.29, 0.717) is 24.5 Å². The van der Waals surface area contributed by atoms with Crippen molar-refractivity contribution in [3.05, 3.63) is 23.3 Å². The van der Waals surface area contributed by atoms with Crippen LogP contribution >= 0.6 is 0 Å². The van der Waals surface area contributed by atoms with E-state index in [1.165, 1.54) is 6.07 Å². The van der Waals surface area contributed by atoms with Gasteiger partial charge in [-0.2, -0.15) is 13.2 Å². The Morgan fingerprint density at radius 1 is 1.33 bits per heavy atom. The van der Waals surface area contributed by atoms with Crippen LogP contribution in [0.4, 0.5) is 18.9 Å². The lowest BCUT2D eigenvalue weighted by Gasteiger charge is -2.11. The minimum Gasteiger partial charge on any atom is -0.493 e. The predicted molar refractivity (Wildman–Crippen MR) is 49.8 cm³/mol. The maximum atomic E-state index is 12.2. The van der Waals surface area contributed by atoms with E-state index in [1.54, 1.807) is 6.07 Å². The molecule has 82 valence electrons. The lowest BCUT2D eigenvalue weighted by atomic mass is 10.0. The summed E-state index contributed by atoms with van der Waals surface area (Å²) in [6.45, 7) is 0.434. The molecule has 0 aliphatic carbocycles. The van der Waals surface area contributed by atoms with Crippen molar-refractivity contribution in [3.8, 4) is 5.75 Å². The van der Waals surface area contributed by atoms with Crippen LogP contribution in [-0.2, 0) is 12.8 Å². The molecule has 1 aliphatic rings. The summed E-state index contributed by atoms with van der Waals surface area (Å²) in [5.74, 6) is 0.363. The van der Waals surface area contributed by atoms with Crippen LogP contribution in [0.1, 0.15) is 11.1 Å². The molecule has 5 heteroatoms. The fourth-order valence-electron chi connectivity index (χ4n) is 1.76. The van der Waals surface area contributed by atoms with Crippen LogP contribution < -0.4 is 10.5 Å². The van der Waals surface area contributed by atoms with Crippen molar-refractivity contribution in [2.75, 3.05) is 12.3 Å². The first-order chi connectivity index (χ1) is 6.96. The monoisotopic (exact) mass is 217 g/mol. The average Bonchev–Trinajstić information content (AvgIpc) is 2.48. The third kappa shape index (κ3) is 2.16. The molecule has 2 rings (SSSR count). The molecule has 0 unspecified atom stereocenters. The zero-order valence-electron chi connectivity index (χ0n) is 7.90. The highest BCUT2D eigenvalue weighted by atomic mass is 19.4. The van der Waals surface area contributed by atoms with Crippen LogP contribution in [-0.4, -0.2) is 12.8 Å². The minimum absolute atomic E-state index is 0.134. The van der Waals surface area contributed by atoms with E-state index in [1.807, 2.05) is 0 Å². The summed E-state index contributed by atoms with van der Waals surface area (Å²) in [6.07, 6.45) is -4.58. The van der Waals surface area contributed by atoms with Crippen LogP contribution in [0.3, 0.4) is 0 Å². The van der Waals surface area contributed by atoms with Crippen LogP contribution in [0.2, 0.25) is 0 Å². The van der Waals surface area contributed by atoms with Crippen molar-refractivity contribution in [2.24, 2.45) is 0 Å². The quantitative estimate of drug-likeness (QED) is 0.732. The first-order valence-corrected chi connectivity index (χ1v) is 4.56. The predicted octanol–water partition coefficient (Wildman–Crippen LogP) is 2.31. The van der Waals surface area contributed by atoms with Gasteiger partial charge in [-0.15, -0.1) is 0 Å². The van der Waals surface area contributed by atoms with Crippen LogP contribution in [0.15, 0.2) is 12.1 Å². The molecule has 1 heterocycles. The number of halogens is 3. The van der Waals surface area contributed by atoms with Crippen molar-refractivity contribution >= 4 is 5.69 Å². The van der Waals surface area contributed by atoms with Gasteiger partial charge in [-0.1, -0.05) is 0 Å². The average molecular weight is 217 g/mol. The molecule has 0 amide bonds. The molecular weight excluding hydrogens is 207 g/mol. The van der Waals surface area contributed by atoms with Gasteiger partial charge in [0.15, 0.2) is 0 Å². The van der Waals surface area contributed by atoms with E-state index in [2.05, 4.69) is 0 Å². The van der Waals surface area contributed by atoms with E-state index in [0.717, 1.165) is 5.56 Å². The van der Waals surface area contributed by atoms with Gasteiger partial charge in [0.1, 0.15) is 5.75 Å². The number of nitrogens with two attached hydrogens (primary N) is 1. The van der Waals surface area contributed by atoms with Gasteiger partial charge < -0.3 is 10.5 Å². The molecular formula is C10H10F3NO. The fourth-order valence-corrected chi connectivity index (χ4v) is 1.76. The molecule has 0 atom stereocenters. The number of fused-ring (bicyclic) bond motifs is 1. The molecule has 2 nitrogen and oxygen atoms in total. The summed E-state index contributed by atoms with van der Waals surface area (Å²) in [5, 5.41) is 0. The number of anilines is 1. The van der Waals surface area contributed by atoms with Crippen LogP contribution in [0, 0.1) is 0 Å². The first kappa shape index (κ1) is 10.1. The second kappa shape index (κ2) is 3.32. The third-order valence-electron chi connectivity index (χ3n) is 2.27. The SMILES string of the molecule is Nc1cc2c(c(CC(F)(F)F)c1)OCC2. The van der Waals surface area contributed by atoms with Gasteiger partial charge in [0.25, 0.3) is 0 Å². The number of nitrogen functional groups attached to an aromatic ring is 1. The van der Waals surface area contributed by atoms with Crippen LogP contribution in [0.25, 0.3) is 0 Å². The van der Waals surface area contributed by atoms with Crippen LogP contribution in [0.5, 0.6) is 5.75 Å². The summed E-state index contributed by atoms with van der Waals surface area (Å²) in [7, 11) is 0. The molecule has 0 radical (unpaired) electrons. The Morgan fingerprint density at radius 3 is 2.73 bits per heavy atom. The lowest BCUT2D eigenvalue weighted by Crippen LogP contribution is -2.12. The molecule has 1 aromatic rings. The standard InChI is InChI=1S/C10H10F3NO/c11-10(12,13)5-7-4-8(14)3-6-1-2-15-9(6)7/h3-4H,1-2,5,14H2. The Morgan fingerprint density at radius 2 is 2.07 bits per heavy atom. The smallest absolute Gasteiger partial charge is 0.393 e. The number of hydrogen-bond donors (Lipinski definition) is 1. The molecule has 1 aromatic carbocycles. The largest absolute Gasteiger partial charge is 0.493 e. The van der Waals surface area contributed by atoms with Gasteiger partial charge in [0.05, 0.1) is 13.0 Å². The minimum atomic E-state index is -4.23. The Balaban J connectivity index is 2.39. The molecule has 0 bridgehead atoms. The fraction of sp³-hybridized carbons (Fsp3) is 0.400. The highest BCUT2D eigenvalue weighted by Gasteiger charge is 2.31. The van der Waals surface area contributed by atoms with Gasteiger partial charge in [-0.3, -0.25) is 0 Å². The Hall–Kier alpha value is -1.39. The van der Waals surface area contributed by atoms with E-state index < -0.39 is 12.6 Å². The topological polar surface area (TPSA) is 35.2 Å². The molecule has 2 N–H and O–H groups in total. The molecule has 0 saturated heterocycles. The lowest BCUT2D eigenvalue weighted by molar-refractivity contribution is -0.127. The van der Waals surface area contributed by atoms with Gasteiger partial charge in [0.2, 0.25) is 0 Å². The summed E-state index contributed by atoms with van der Waals surface area (Å²) in [6, 6.07) is 3.00. The number of benzene rings is 1. The van der Waals surface area contributed by atoms with E-state index in [-0.39, 0.29) is 5.56 Å². The van der Waals surface area contributed by atoms with Crippen molar-refractivity contribution in [3.63, 3.8) is 0 Å². The summed E-state index contributed by atoms with van der Waals surface area (Å²) in [4.78, 5) is 0. The van der Waals surface area contributed by atoms with Gasteiger partial charge >= 0.3 is 6.18 Å². The van der Waals surface area contributed by atoms with Crippen molar-refractivity contribution < 1.29 is 17.9 Å². The van der Waals surface area contributed by atoms with E-state index in [4.69, 9.17) is 10.5 Å². The second-order valence-corrected chi connectivity index (χ2v) is 3.56. The third-order valence-corrected chi connectivity index (χ3v) is 2.27. The zero-order chi connectivity index (χ0) is 11.1. The molecule has 0 fully saturated rings. The number of alkyl halides is 3. The van der Waals surface area contributed by atoms with Crippen molar-refractivity contribution in [2.45, 2.75) is 19.0 Å². The molecule has 0 aromatic heterocycles.